The second-order valence-electron chi connectivity index (χ2n) is 4.43. The van der Waals surface area contributed by atoms with E-state index in [1.165, 1.54) is 11.1 Å². The van der Waals surface area contributed by atoms with Gasteiger partial charge < -0.3 is 5.32 Å². The van der Waals surface area contributed by atoms with Crippen LogP contribution in [0.5, 0.6) is 0 Å². The normalized spacial score (nSPS) is 10.4. The third-order valence-corrected chi connectivity index (χ3v) is 3.08. The molecule has 0 aliphatic rings. The minimum atomic E-state index is 0.790. The third kappa shape index (κ3) is 2.35. The van der Waals surface area contributed by atoms with Crippen molar-refractivity contribution in [1.82, 2.24) is 9.97 Å². The Labute approximate surface area is 108 Å². The number of hydrogen-bond donors (Lipinski definition) is 1. The number of nitrogens with zero attached hydrogens (tertiary/aromatic N) is 2. The highest BCUT2D eigenvalue weighted by atomic mass is 15.0. The molecule has 18 heavy (non-hydrogen) atoms. The van der Waals surface area contributed by atoms with Crippen LogP contribution in [0.15, 0.2) is 24.3 Å². The predicted octanol–water partition coefficient (Wildman–Crippen LogP) is 3.36. The molecule has 1 aromatic carbocycles. The van der Waals surface area contributed by atoms with Crippen LogP contribution in [0.25, 0.3) is 11.4 Å². The summed E-state index contributed by atoms with van der Waals surface area (Å²) in [7, 11) is 1.90. The fourth-order valence-corrected chi connectivity index (χ4v) is 2.14. The van der Waals surface area contributed by atoms with Crippen LogP contribution in [0, 0.1) is 13.8 Å². The highest BCUT2D eigenvalue weighted by molar-refractivity contribution is 5.60. The molecular weight excluding hydrogens is 222 g/mol. The van der Waals surface area contributed by atoms with Crippen LogP contribution < -0.4 is 5.32 Å². The maximum atomic E-state index is 4.61. The molecule has 3 nitrogen and oxygen atoms in total. The molecule has 94 valence electrons. The number of aromatic nitrogens is 2. The Morgan fingerprint density at radius 2 is 1.94 bits per heavy atom. The molecule has 0 aliphatic heterocycles. The van der Waals surface area contributed by atoms with Crippen molar-refractivity contribution in [1.29, 1.82) is 0 Å². The van der Waals surface area contributed by atoms with Crippen LogP contribution >= 0.6 is 0 Å². The van der Waals surface area contributed by atoms with Crippen molar-refractivity contribution in [3.63, 3.8) is 0 Å². The standard InChI is InChI=1S/C15H19N3/c1-5-13-11(3)17-14(18-15(13)16-4)12-8-6-7-10(2)9-12/h6-9H,5H2,1-4H3,(H,16,17,18). The Hall–Kier alpha value is -1.90. The summed E-state index contributed by atoms with van der Waals surface area (Å²) in [6.07, 6.45) is 0.941. The fourth-order valence-electron chi connectivity index (χ4n) is 2.14. The molecule has 0 spiro atoms. The van der Waals surface area contributed by atoms with Crippen LogP contribution in [-0.2, 0) is 6.42 Å². The van der Waals surface area contributed by atoms with Crippen LogP contribution in [0.2, 0.25) is 0 Å². The van der Waals surface area contributed by atoms with E-state index < -0.39 is 0 Å². The van der Waals surface area contributed by atoms with E-state index in [0.717, 1.165) is 29.3 Å². The number of nitrogens with one attached hydrogen (secondary N) is 1. The number of benzene rings is 1. The third-order valence-electron chi connectivity index (χ3n) is 3.08. The van der Waals surface area contributed by atoms with Gasteiger partial charge in [-0.15, -0.1) is 0 Å². The maximum absolute atomic E-state index is 4.61. The van der Waals surface area contributed by atoms with Gasteiger partial charge in [0.05, 0.1) is 0 Å². The SMILES string of the molecule is CCc1c(C)nc(-c2cccc(C)c2)nc1NC. The summed E-state index contributed by atoms with van der Waals surface area (Å²) >= 11 is 0. The van der Waals surface area contributed by atoms with E-state index >= 15 is 0 Å². The second kappa shape index (κ2) is 5.17. The Balaban J connectivity index is 2.56. The topological polar surface area (TPSA) is 37.8 Å². The molecule has 0 bridgehead atoms. The first-order valence-electron chi connectivity index (χ1n) is 6.28. The van der Waals surface area contributed by atoms with E-state index in [-0.39, 0.29) is 0 Å². The highest BCUT2D eigenvalue weighted by Crippen LogP contribution is 2.22. The molecule has 0 unspecified atom stereocenters. The maximum Gasteiger partial charge on any atom is 0.161 e. The van der Waals surface area contributed by atoms with Gasteiger partial charge in [0, 0.05) is 23.9 Å². The van der Waals surface area contributed by atoms with Crippen molar-refractivity contribution in [2.24, 2.45) is 0 Å². The number of aryl methyl sites for hydroxylation is 2. The average Bonchev–Trinajstić information content (AvgIpc) is 2.37. The second-order valence-corrected chi connectivity index (χ2v) is 4.43. The minimum absolute atomic E-state index is 0.790. The molecule has 2 aromatic rings. The average molecular weight is 241 g/mol. The van der Waals surface area contributed by atoms with E-state index in [1.807, 2.05) is 26.1 Å². The van der Waals surface area contributed by atoms with Gasteiger partial charge in [-0.25, -0.2) is 9.97 Å². The van der Waals surface area contributed by atoms with Crippen LogP contribution in [0.1, 0.15) is 23.7 Å². The van der Waals surface area contributed by atoms with Crippen LogP contribution in [-0.4, -0.2) is 17.0 Å². The van der Waals surface area contributed by atoms with Crippen molar-refractivity contribution < 1.29 is 0 Å². The van der Waals surface area contributed by atoms with Gasteiger partial charge in [0.15, 0.2) is 5.82 Å². The largest absolute Gasteiger partial charge is 0.373 e. The lowest BCUT2D eigenvalue weighted by Crippen LogP contribution is -2.05. The Kier molecular flexibility index (Phi) is 3.60. The van der Waals surface area contributed by atoms with E-state index in [1.54, 1.807) is 0 Å². The molecule has 2 rings (SSSR count). The quantitative estimate of drug-likeness (QED) is 0.895. The zero-order valence-corrected chi connectivity index (χ0v) is 11.4. The number of anilines is 1. The van der Waals surface area contributed by atoms with Gasteiger partial charge in [0.1, 0.15) is 5.82 Å². The zero-order valence-electron chi connectivity index (χ0n) is 11.4. The lowest BCUT2D eigenvalue weighted by molar-refractivity contribution is 1.00. The minimum Gasteiger partial charge on any atom is -0.373 e. The van der Waals surface area contributed by atoms with Crippen molar-refractivity contribution >= 4 is 5.82 Å². The van der Waals surface area contributed by atoms with Gasteiger partial charge in [0.25, 0.3) is 0 Å². The van der Waals surface area contributed by atoms with Crippen molar-refractivity contribution in [2.45, 2.75) is 27.2 Å². The Morgan fingerprint density at radius 3 is 2.56 bits per heavy atom. The summed E-state index contributed by atoms with van der Waals surface area (Å²) in [4.78, 5) is 9.22. The van der Waals surface area contributed by atoms with Crippen molar-refractivity contribution in [3.05, 3.63) is 41.1 Å². The molecule has 0 aliphatic carbocycles. The van der Waals surface area contributed by atoms with E-state index in [9.17, 15) is 0 Å². The van der Waals surface area contributed by atoms with Crippen LogP contribution in [0.3, 0.4) is 0 Å². The first kappa shape index (κ1) is 12.6. The molecule has 0 amide bonds. The monoisotopic (exact) mass is 241 g/mol. The van der Waals surface area contributed by atoms with Gasteiger partial charge in [-0.1, -0.05) is 30.7 Å². The molecule has 0 atom stereocenters. The molecular formula is C15H19N3. The van der Waals surface area contributed by atoms with Crippen LogP contribution in [0.4, 0.5) is 5.82 Å². The summed E-state index contributed by atoms with van der Waals surface area (Å²) in [6, 6.07) is 8.28. The number of rotatable bonds is 3. The Bertz CT molecular complexity index is 562. The highest BCUT2D eigenvalue weighted by Gasteiger charge is 2.10. The fraction of sp³-hybridized carbons (Fsp3) is 0.333. The summed E-state index contributed by atoms with van der Waals surface area (Å²) in [5.41, 5.74) is 4.53. The van der Waals surface area contributed by atoms with Crippen molar-refractivity contribution in [2.75, 3.05) is 12.4 Å². The van der Waals surface area contributed by atoms with Crippen molar-refractivity contribution in [3.8, 4) is 11.4 Å². The van der Waals surface area contributed by atoms with E-state index in [0.29, 0.717) is 0 Å². The number of hydrogen-bond acceptors (Lipinski definition) is 3. The molecule has 3 heteroatoms. The predicted molar refractivity (Wildman–Crippen MR) is 75.9 cm³/mol. The summed E-state index contributed by atoms with van der Waals surface area (Å²) < 4.78 is 0. The summed E-state index contributed by atoms with van der Waals surface area (Å²) in [5, 5.41) is 3.16. The zero-order chi connectivity index (χ0) is 13.1. The first-order chi connectivity index (χ1) is 8.65. The lowest BCUT2D eigenvalue weighted by Gasteiger charge is -2.11. The molecule has 1 N–H and O–H groups in total. The molecule has 1 aromatic heterocycles. The summed E-state index contributed by atoms with van der Waals surface area (Å²) in [5.74, 6) is 1.72. The molecule has 0 saturated carbocycles. The van der Waals surface area contributed by atoms with Gasteiger partial charge in [-0.3, -0.25) is 0 Å². The smallest absolute Gasteiger partial charge is 0.161 e. The molecule has 0 radical (unpaired) electrons. The van der Waals surface area contributed by atoms with Gasteiger partial charge in [0.2, 0.25) is 0 Å². The van der Waals surface area contributed by atoms with Gasteiger partial charge >= 0.3 is 0 Å². The summed E-state index contributed by atoms with van der Waals surface area (Å²) in [6.45, 7) is 6.25. The van der Waals surface area contributed by atoms with E-state index in [4.69, 9.17) is 0 Å². The van der Waals surface area contributed by atoms with E-state index in [2.05, 4.69) is 41.3 Å². The van der Waals surface area contributed by atoms with Gasteiger partial charge in [-0.2, -0.15) is 0 Å². The molecule has 0 fully saturated rings. The Morgan fingerprint density at radius 1 is 1.17 bits per heavy atom. The molecule has 0 saturated heterocycles. The molecule has 1 heterocycles. The van der Waals surface area contributed by atoms with Gasteiger partial charge in [-0.05, 0) is 26.3 Å². The lowest BCUT2D eigenvalue weighted by atomic mass is 10.1. The first-order valence-corrected chi connectivity index (χ1v) is 6.28.